The van der Waals surface area contributed by atoms with Gasteiger partial charge in [-0.1, -0.05) is 20.3 Å². The number of halogens is 3. The van der Waals surface area contributed by atoms with Gasteiger partial charge in [0.1, 0.15) is 6.04 Å². The monoisotopic (exact) mass is 316 g/mol. The number of alkyl halides is 3. The molecule has 0 aliphatic rings. The van der Waals surface area contributed by atoms with E-state index in [0.717, 1.165) is 0 Å². The maximum atomic E-state index is 13.0. The van der Waals surface area contributed by atoms with Crippen molar-refractivity contribution in [1.82, 2.24) is 5.32 Å². The van der Waals surface area contributed by atoms with E-state index in [1.165, 1.54) is 38.1 Å². The summed E-state index contributed by atoms with van der Waals surface area (Å²) in [6.07, 6.45) is -4.20. The molecular weight excluding hydrogens is 297 g/mol. The Morgan fingerprint density at radius 2 is 1.73 bits per heavy atom. The fourth-order valence-electron chi connectivity index (χ4n) is 1.92. The molecule has 2 N–H and O–H groups in total. The molecule has 1 aromatic rings. The van der Waals surface area contributed by atoms with Gasteiger partial charge in [-0.15, -0.1) is 0 Å². The molecule has 0 fully saturated rings. The molecule has 4 nitrogen and oxygen atoms in total. The summed E-state index contributed by atoms with van der Waals surface area (Å²) in [4.78, 5) is 22.8. The number of amides is 2. The summed E-state index contributed by atoms with van der Waals surface area (Å²) in [6, 6.07) is 3.76. The smallest absolute Gasteiger partial charge is 0.340 e. The Labute approximate surface area is 127 Å². The van der Waals surface area contributed by atoms with E-state index in [9.17, 15) is 22.8 Å². The van der Waals surface area contributed by atoms with Gasteiger partial charge >= 0.3 is 6.18 Å². The molecule has 0 unspecified atom stereocenters. The first-order valence-corrected chi connectivity index (χ1v) is 6.90. The predicted molar refractivity (Wildman–Crippen MR) is 77.5 cm³/mol. The van der Waals surface area contributed by atoms with E-state index in [-0.39, 0.29) is 11.5 Å². The van der Waals surface area contributed by atoms with Crippen LogP contribution in [0.25, 0.3) is 0 Å². The van der Waals surface area contributed by atoms with E-state index in [4.69, 9.17) is 0 Å². The zero-order valence-electron chi connectivity index (χ0n) is 12.6. The van der Waals surface area contributed by atoms with Crippen molar-refractivity contribution < 1.29 is 22.8 Å². The minimum absolute atomic E-state index is 0.103. The van der Waals surface area contributed by atoms with Crippen LogP contribution in [0.2, 0.25) is 0 Å². The Kier molecular flexibility index (Phi) is 5.96. The van der Waals surface area contributed by atoms with Gasteiger partial charge < -0.3 is 10.6 Å². The van der Waals surface area contributed by atoms with Gasteiger partial charge in [-0.05, 0) is 30.2 Å². The van der Waals surface area contributed by atoms with Gasteiger partial charge in [0.15, 0.2) is 0 Å². The van der Waals surface area contributed by atoms with E-state index < -0.39 is 24.0 Å². The lowest BCUT2D eigenvalue weighted by Gasteiger charge is -2.26. The molecule has 2 atom stereocenters. The molecule has 0 spiro atoms. The van der Waals surface area contributed by atoms with Crippen molar-refractivity contribution in [3.63, 3.8) is 0 Å². The van der Waals surface area contributed by atoms with Gasteiger partial charge in [0.2, 0.25) is 5.91 Å². The molecule has 0 aliphatic heterocycles. The molecule has 7 heteroatoms. The maximum absolute atomic E-state index is 13.0. The molecule has 1 aromatic carbocycles. The summed E-state index contributed by atoms with van der Waals surface area (Å²) in [6.45, 7) is 4.41. The lowest BCUT2D eigenvalue weighted by molar-refractivity contribution is -0.164. The fourth-order valence-corrected chi connectivity index (χ4v) is 1.92. The highest BCUT2D eigenvalue weighted by Crippen LogP contribution is 2.27. The van der Waals surface area contributed by atoms with Crippen molar-refractivity contribution in [1.29, 1.82) is 0 Å². The Balaban J connectivity index is 2.84. The van der Waals surface area contributed by atoms with Crippen LogP contribution in [-0.4, -0.2) is 24.0 Å². The van der Waals surface area contributed by atoms with Crippen molar-refractivity contribution in [3.8, 4) is 0 Å². The van der Waals surface area contributed by atoms with Crippen molar-refractivity contribution in [3.05, 3.63) is 29.8 Å². The second-order valence-electron chi connectivity index (χ2n) is 5.14. The Morgan fingerprint density at radius 3 is 2.14 bits per heavy atom. The number of nitrogens with one attached hydrogen (secondary N) is 2. The number of carbonyl (C=O) groups excluding carboxylic acids is 2. The fraction of sp³-hybridized carbons (Fsp3) is 0.467. The second kappa shape index (κ2) is 7.29. The van der Waals surface area contributed by atoms with E-state index in [1.807, 2.05) is 5.32 Å². The Hall–Kier alpha value is -2.05. The van der Waals surface area contributed by atoms with Gasteiger partial charge in [0.25, 0.3) is 5.91 Å². The quantitative estimate of drug-likeness (QED) is 0.875. The molecule has 2 amide bonds. The van der Waals surface area contributed by atoms with Gasteiger partial charge in [0, 0.05) is 18.2 Å². The zero-order chi connectivity index (χ0) is 16.9. The van der Waals surface area contributed by atoms with Crippen molar-refractivity contribution >= 4 is 17.5 Å². The zero-order valence-corrected chi connectivity index (χ0v) is 12.6. The van der Waals surface area contributed by atoms with Crippen molar-refractivity contribution in [2.45, 2.75) is 39.4 Å². The largest absolute Gasteiger partial charge is 0.408 e. The van der Waals surface area contributed by atoms with Crippen LogP contribution in [0.3, 0.4) is 0 Å². The Morgan fingerprint density at radius 1 is 1.18 bits per heavy atom. The molecule has 0 aromatic heterocycles. The van der Waals surface area contributed by atoms with Crippen LogP contribution in [0.15, 0.2) is 24.3 Å². The molecule has 0 aliphatic carbocycles. The molecule has 0 radical (unpaired) electrons. The standard InChI is InChI=1S/C15H19F3N2O2/c1-4-9(2)13(15(16,17)18)20-14(22)11-5-7-12(8-6-11)19-10(3)21/h5-9,13H,4H2,1-3H3,(H,19,21)(H,20,22)/t9-,13-/m1/s1. The Bertz CT molecular complexity index is 527. The number of rotatable bonds is 5. The molecule has 0 saturated carbocycles. The lowest BCUT2D eigenvalue weighted by Crippen LogP contribution is -2.49. The maximum Gasteiger partial charge on any atom is 0.408 e. The minimum atomic E-state index is -4.50. The summed E-state index contributed by atoms with van der Waals surface area (Å²) >= 11 is 0. The summed E-state index contributed by atoms with van der Waals surface area (Å²) in [5.74, 6) is -1.79. The van der Waals surface area contributed by atoms with Crippen LogP contribution in [0, 0.1) is 5.92 Å². The average molecular weight is 316 g/mol. The molecule has 22 heavy (non-hydrogen) atoms. The van der Waals surface area contributed by atoms with Crippen LogP contribution in [-0.2, 0) is 4.79 Å². The van der Waals surface area contributed by atoms with E-state index in [0.29, 0.717) is 12.1 Å². The summed E-state index contributed by atoms with van der Waals surface area (Å²) < 4.78 is 38.9. The van der Waals surface area contributed by atoms with Crippen LogP contribution >= 0.6 is 0 Å². The number of anilines is 1. The van der Waals surface area contributed by atoms with Gasteiger partial charge in [-0.25, -0.2) is 0 Å². The molecule has 0 saturated heterocycles. The first-order valence-electron chi connectivity index (χ1n) is 6.90. The summed E-state index contributed by atoms with van der Waals surface area (Å²) in [5.41, 5.74) is 0.574. The van der Waals surface area contributed by atoms with Crippen LogP contribution in [0.4, 0.5) is 18.9 Å². The summed E-state index contributed by atoms with van der Waals surface area (Å²) in [5, 5.41) is 4.55. The van der Waals surface area contributed by atoms with E-state index >= 15 is 0 Å². The highest BCUT2D eigenvalue weighted by Gasteiger charge is 2.43. The third kappa shape index (κ3) is 5.05. The molecule has 0 heterocycles. The van der Waals surface area contributed by atoms with Gasteiger partial charge in [-0.2, -0.15) is 13.2 Å². The first-order chi connectivity index (χ1) is 10.1. The number of benzene rings is 1. The third-order valence-electron chi connectivity index (χ3n) is 3.32. The predicted octanol–water partition coefficient (Wildman–Crippen LogP) is 3.35. The highest BCUT2D eigenvalue weighted by atomic mass is 19.4. The second-order valence-corrected chi connectivity index (χ2v) is 5.14. The first kappa shape index (κ1) is 18.0. The van der Waals surface area contributed by atoms with Gasteiger partial charge in [-0.3, -0.25) is 9.59 Å². The van der Waals surface area contributed by atoms with E-state index in [2.05, 4.69) is 5.32 Å². The summed E-state index contributed by atoms with van der Waals surface area (Å²) in [7, 11) is 0. The normalized spacial score (nSPS) is 14.1. The molecule has 1 rings (SSSR count). The number of hydrogen-bond donors (Lipinski definition) is 2. The van der Waals surface area contributed by atoms with E-state index in [1.54, 1.807) is 6.92 Å². The van der Waals surface area contributed by atoms with Crippen LogP contribution in [0.1, 0.15) is 37.6 Å². The average Bonchev–Trinajstić information content (AvgIpc) is 2.42. The highest BCUT2D eigenvalue weighted by molar-refractivity contribution is 5.95. The van der Waals surface area contributed by atoms with Crippen LogP contribution < -0.4 is 10.6 Å². The minimum Gasteiger partial charge on any atom is -0.340 e. The SMILES string of the molecule is CC[C@@H](C)[C@@H](NC(=O)c1ccc(NC(C)=O)cc1)C(F)(F)F. The van der Waals surface area contributed by atoms with Crippen molar-refractivity contribution in [2.75, 3.05) is 5.32 Å². The van der Waals surface area contributed by atoms with Gasteiger partial charge in [0.05, 0.1) is 0 Å². The molecule has 122 valence electrons. The third-order valence-corrected chi connectivity index (χ3v) is 3.32. The molecular formula is C15H19F3N2O2. The lowest BCUT2D eigenvalue weighted by atomic mass is 9.98. The molecule has 0 bridgehead atoms. The topological polar surface area (TPSA) is 58.2 Å². The number of hydrogen-bond acceptors (Lipinski definition) is 2. The number of carbonyl (C=O) groups is 2. The van der Waals surface area contributed by atoms with Crippen LogP contribution in [0.5, 0.6) is 0 Å². The van der Waals surface area contributed by atoms with Crippen molar-refractivity contribution in [2.24, 2.45) is 5.92 Å².